The largest absolute Gasteiger partial charge is 0.330 e. The van der Waals surface area contributed by atoms with Gasteiger partial charge in [0.1, 0.15) is 1.41 Å². The zero-order valence-corrected chi connectivity index (χ0v) is 7.76. The third-order valence-electron chi connectivity index (χ3n) is 1.30. The van der Waals surface area contributed by atoms with Crippen molar-refractivity contribution in [2.75, 3.05) is 6.54 Å². The summed E-state index contributed by atoms with van der Waals surface area (Å²) < 4.78 is 8.01. The lowest BCUT2D eigenvalue weighted by Crippen LogP contribution is -2.02. The van der Waals surface area contributed by atoms with Crippen LogP contribution in [0.15, 0.2) is 24.3 Å². The van der Waals surface area contributed by atoms with Crippen molar-refractivity contribution in [3.05, 3.63) is 33.4 Å². The number of hydrogen-bond acceptors (Lipinski definition) is 1. The lowest BCUT2D eigenvalue weighted by Gasteiger charge is -1.97. The van der Waals surface area contributed by atoms with E-state index in [9.17, 15) is 0 Å². The highest BCUT2D eigenvalue weighted by Gasteiger charge is 1.90. The van der Waals surface area contributed by atoms with Gasteiger partial charge in [-0.15, -0.1) is 0 Å². The van der Waals surface area contributed by atoms with Crippen molar-refractivity contribution in [2.45, 2.75) is 6.42 Å². The van der Waals surface area contributed by atoms with Crippen molar-refractivity contribution < 1.29 is 1.41 Å². The third kappa shape index (κ3) is 2.27. The molecule has 1 aromatic carbocycles. The van der Waals surface area contributed by atoms with Crippen LogP contribution >= 0.6 is 22.6 Å². The smallest absolute Gasteiger partial charge is 0.118 e. The Morgan fingerprint density at radius 1 is 1.60 bits per heavy atom. The fraction of sp³-hybridized carbons (Fsp3) is 0.250. The van der Waals surface area contributed by atoms with E-state index in [0.29, 0.717) is 0 Å². The highest BCUT2D eigenvalue weighted by atomic mass is 127. The monoisotopic (exact) mass is 248 g/mol. The minimum atomic E-state index is 0.722. The SMILES string of the molecule is [2H]NCCc1cccc(I)c1. The van der Waals surface area contributed by atoms with Gasteiger partial charge < -0.3 is 5.73 Å². The van der Waals surface area contributed by atoms with Crippen LogP contribution in [-0.2, 0) is 6.42 Å². The molecule has 1 nitrogen and oxygen atoms in total. The van der Waals surface area contributed by atoms with Crippen LogP contribution in [0.1, 0.15) is 5.56 Å². The van der Waals surface area contributed by atoms with E-state index in [2.05, 4.69) is 46.5 Å². The first kappa shape index (κ1) is 6.61. The predicted octanol–water partition coefficient (Wildman–Crippen LogP) is 1.79. The van der Waals surface area contributed by atoms with Crippen LogP contribution in [0.5, 0.6) is 0 Å². The highest BCUT2D eigenvalue weighted by Crippen LogP contribution is 2.07. The summed E-state index contributed by atoms with van der Waals surface area (Å²) in [5.41, 5.74) is 3.67. The Hall–Kier alpha value is -0.0900. The number of benzene rings is 1. The molecule has 54 valence electrons. The number of hydrogen-bond donors (Lipinski definition) is 1. The van der Waals surface area contributed by atoms with Gasteiger partial charge in [-0.2, -0.15) is 0 Å². The van der Waals surface area contributed by atoms with E-state index in [1.54, 1.807) is 0 Å². The molecule has 0 spiro atoms. The van der Waals surface area contributed by atoms with Crippen LogP contribution in [0.2, 0.25) is 1.41 Å². The second kappa shape index (κ2) is 3.93. The van der Waals surface area contributed by atoms with Gasteiger partial charge >= 0.3 is 0 Å². The molecule has 0 amide bonds. The van der Waals surface area contributed by atoms with Crippen LogP contribution < -0.4 is 5.73 Å². The number of rotatable bonds is 3. The molecule has 0 aliphatic rings. The van der Waals surface area contributed by atoms with E-state index in [4.69, 9.17) is 1.41 Å². The van der Waals surface area contributed by atoms with Crippen LogP contribution in [0.3, 0.4) is 0 Å². The van der Waals surface area contributed by atoms with Gasteiger partial charge in [-0.25, -0.2) is 0 Å². The van der Waals surface area contributed by atoms with E-state index < -0.39 is 0 Å². The van der Waals surface area contributed by atoms with Crippen molar-refractivity contribution in [1.82, 2.24) is 0 Å². The first-order valence-corrected chi connectivity index (χ1v) is 4.30. The van der Waals surface area contributed by atoms with Crippen molar-refractivity contribution in [2.24, 2.45) is 5.73 Å². The second-order valence-electron chi connectivity index (χ2n) is 2.13. The summed E-state index contributed by atoms with van der Waals surface area (Å²) in [6.45, 7) is 0.722. The lowest BCUT2D eigenvalue weighted by molar-refractivity contribution is 0.968. The van der Waals surface area contributed by atoms with Gasteiger partial charge in [0.15, 0.2) is 0 Å². The standard InChI is InChI=1S/C8H10IN/c9-8-3-1-2-7(6-8)4-5-10/h1-3,6H,4-5,10H2/i/hD. The van der Waals surface area contributed by atoms with Gasteiger partial charge in [0.25, 0.3) is 0 Å². The molecule has 0 fully saturated rings. The minimum Gasteiger partial charge on any atom is -0.330 e. The Bertz CT molecular complexity index is 227. The Labute approximate surface area is 76.2 Å². The molecular weight excluding hydrogens is 237 g/mol. The molecule has 1 rings (SSSR count). The van der Waals surface area contributed by atoms with Gasteiger partial charge in [0.2, 0.25) is 0 Å². The fourth-order valence-electron chi connectivity index (χ4n) is 0.837. The zero-order valence-electron chi connectivity index (χ0n) is 6.60. The highest BCUT2D eigenvalue weighted by molar-refractivity contribution is 14.1. The van der Waals surface area contributed by atoms with Crippen molar-refractivity contribution in [3.63, 3.8) is 0 Å². The molecule has 2 N–H and O–H groups in total. The molecule has 0 aliphatic heterocycles. The van der Waals surface area contributed by atoms with E-state index in [1.807, 2.05) is 6.07 Å². The summed E-state index contributed by atoms with van der Waals surface area (Å²) in [4.78, 5) is 0. The van der Waals surface area contributed by atoms with Crippen molar-refractivity contribution in [1.29, 1.82) is 0 Å². The first-order valence-electron chi connectivity index (χ1n) is 3.72. The van der Waals surface area contributed by atoms with Gasteiger partial charge in [-0.3, -0.25) is 0 Å². The van der Waals surface area contributed by atoms with Crippen LogP contribution in [0.25, 0.3) is 0 Å². The quantitative estimate of drug-likeness (QED) is 0.811. The summed E-state index contributed by atoms with van der Waals surface area (Å²) in [5.74, 6) is 0. The minimum absolute atomic E-state index is 0.722. The summed E-state index contributed by atoms with van der Waals surface area (Å²) in [6, 6.07) is 8.33. The topological polar surface area (TPSA) is 26.0 Å². The molecule has 1 aromatic rings. The van der Waals surface area contributed by atoms with E-state index >= 15 is 0 Å². The summed E-state index contributed by atoms with van der Waals surface area (Å²) >= 11 is 2.29. The van der Waals surface area contributed by atoms with E-state index in [0.717, 1.165) is 13.0 Å². The van der Waals surface area contributed by atoms with Crippen LogP contribution in [0.4, 0.5) is 0 Å². The summed E-state index contributed by atoms with van der Waals surface area (Å²) in [7, 11) is 0. The Balaban J connectivity index is 2.56. The Morgan fingerprint density at radius 2 is 2.50 bits per heavy atom. The third-order valence-corrected chi connectivity index (χ3v) is 1.97. The molecule has 2 heteroatoms. The molecule has 0 saturated heterocycles. The maximum Gasteiger partial charge on any atom is 0.118 e. The average Bonchev–Trinajstić information content (AvgIpc) is 2.01. The maximum absolute atomic E-state index is 6.75. The number of nitrogens with two attached hydrogens (primary N) is 1. The molecule has 0 saturated carbocycles. The van der Waals surface area contributed by atoms with Gasteiger partial charge in [0, 0.05) is 3.57 Å². The average molecular weight is 248 g/mol. The Morgan fingerprint density at radius 3 is 3.20 bits per heavy atom. The molecule has 0 unspecified atom stereocenters. The first-order chi connectivity index (χ1) is 5.33. The molecule has 10 heavy (non-hydrogen) atoms. The predicted molar refractivity (Wildman–Crippen MR) is 51.9 cm³/mol. The zero-order chi connectivity index (χ0) is 8.10. The molecule has 0 aromatic heterocycles. The van der Waals surface area contributed by atoms with Gasteiger partial charge in [-0.1, -0.05) is 12.1 Å². The molecule has 0 heterocycles. The molecule has 0 radical (unpaired) electrons. The van der Waals surface area contributed by atoms with E-state index in [-0.39, 0.29) is 0 Å². The molecule has 0 aliphatic carbocycles. The summed E-state index contributed by atoms with van der Waals surface area (Å²) in [6.07, 6.45) is 0.931. The Kier molecular flexibility index (Phi) is 2.60. The molecular formula is C8H10IN. The molecule has 0 bridgehead atoms. The van der Waals surface area contributed by atoms with Crippen LogP contribution in [0, 0.1) is 3.57 Å². The van der Waals surface area contributed by atoms with Crippen molar-refractivity contribution >= 4 is 22.6 Å². The fourth-order valence-corrected chi connectivity index (χ4v) is 1.44. The normalized spacial score (nSPS) is 11.1. The second-order valence-corrected chi connectivity index (χ2v) is 3.38. The van der Waals surface area contributed by atoms with Gasteiger partial charge in [0.05, 0.1) is 0 Å². The summed E-state index contributed by atoms with van der Waals surface area (Å²) in [5, 5.41) is 0. The van der Waals surface area contributed by atoms with E-state index in [1.165, 1.54) is 9.13 Å². The van der Waals surface area contributed by atoms with Gasteiger partial charge in [-0.05, 0) is 53.3 Å². The number of halogens is 1. The van der Waals surface area contributed by atoms with Crippen molar-refractivity contribution in [3.8, 4) is 0 Å². The molecule has 0 atom stereocenters. The lowest BCUT2D eigenvalue weighted by atomic mass is 10.2. The maximum atomic E-state index is 6.75. The van der Waals surface area contributed by atoms with Crippen LogP contribution in [-0.4, -0.2) is 6.54 Å².